The molecule has 0 bridgehead atoms. The summed E-state index contributed by atoms with van der Waals surface area (Å²) in [6.45, 7) is 3.14. The van der Waals surface area contributed by atoms with Crippen LogP contribution >= 0.6 is 0 Å². The van der Waals surface area contributed by atoms with Crippen molar-refractivity contribution in [3.05, 3.63) is 22.9 Å². The molecule has 1 heterocycles. The van der Waals surface area contributed by atoms with E-state index in [-0.39, 0.29) is 11.7 Å². The van der Waals surface area contributed by atoms with E-state index in [9.17, 15) is 9.59 Å². The fraction of sp³-hybridized carbons (Fsp3) is 0.600. The quantitative estimate of drug-likeness (QED) is 0.672. The summed E-state index contributed by atoms with van der Waals surface area (Å²) in [7, 11) is 1.36. The molecule has 0 fully saturated rings. The molecule has 1 aromatic heterocycles. The minimum atomic E-state index is -0.238. The molecule has 0 aromatic carbocycles. The van der Waals surface area contributed by atoms with Gasteiger partial charge in [0.2, 0.25) is 0 Å². The summed E-state index contributed by atoms with van der Waals surface area (Å²) < 4.78 is 7.74. The van der Waals surface area contributed by atoms with Crippen molar-refractivity contribution in [2.75, 3.05) is 7.11 Å². The van der Waals surface area contributed by atoms with Crippen molar-refractivity contribution in [2.45, 2.75) is 32.9 Å². The fourth-order valence-electron chi connectivity index (χ4n) is 1.36. The zero-order valence-electron chi connectivity index (χ0n) is 9.10. The number of aromatic nitrogens is 2. The lowest BCUT2D eigenvalue weighted by atomic mass is 10.3. The van der Waals surface area contributed by atoms with E-state index < -0.39 is 0 Å². The predicted octanol–water partition coefficient (Wildman–Crippen LogP) is 0.623. The molecular formula is C10H16N2O3. The molecule has 0 radical (unpaired) electrons. The smallest absolute Gasteiger partial charge is 0.328 e. The number of imidazole rings is 1. The van der Waals surface area contributed by atoms with Gasteiger partial charge in [-0.05, 0) is 13.3 Å². The van der Waals surface area contributed by atoms with Crippen LogP contribution in [0.1, 0.15) is 19.8 Å². The molecule has 0 unspecified atom stereocenters. The van der Waals surface area contributed by atoms with Crippen molar-refractivity contribution in [3.8, 4) is 0 Å². The number of esters is 1. The highest BCUT2D eigenvalue weighted by Gasteiger charge is 2.03. The van der Waals surface area contributed by atoms with Crippen LogP contribution in [-0.4, -0.2) is 22.2 Å². The predicted molar refractivity (Wildman–Crippen MR) is 55.6 cm³/mol. The largest absolute Gasteiger partial charge is 0.469 e. The van der Waals surface area contributed by atoms with Gasteiger partial charge in [-0.2, -0.15) is 0 Å². The Morgan fingerprint density at radius 1 is 1.40 bits per heavy atom. The molecule has 0 aliphatic heterocycles. The maximum Gasteiger partial charge on any atom is 0.328 e. The average molecular weight is 212 g/mol. The van der Waals surface area contributed by atoms with Gasteiger partial charge in [0.1, 0.15) is 0 Å². The van der Waals surface area contributed by atoms with Gasteiger partial charge in [-0.25, -0.2) is 4.79 Å². The summed E-state index contributed by atoms with van der Waals surface area (Å²) >= 11 is 0. The number of hydrogen-bond acceptors (Lipinski definition) is 3. The zero-order chi connectivity index (χ0) is 11.3. The van der Waals surface area contributed by atoms with Crippen LogP contribution in [0.3, 0.4) is 0 Å². The van der Waals surface area contributed by atoms with Crippen LogP contribution in [0.5, 0.6) is 0 Å². The highest BCUT2D eigenvalue weighted by Crippen LogP contribution is 1.95. The van der Waals surface area contributed by atoms with E-state index in [1.54, 1.807) is 21.5 Å². The highest BCUT2D eigenvalue weighted by atomic mass is 16.5. The Balaban J connectivity index is 2.48. The second-order valence-electron chi connectivity index (χ2n) is 3.24. The third-order valence-electron chi connectivity index (χ3n) is 2.27. The number of nitrogens with zero attached hydrogens (tertiary/aromatic N) is 2. The van der Waals surface area contributed by atoms with E-state index in [1.165, 1.54) is 7.11 Å². The minimum absolute atomic E-state index is 0.0256. The Morgan fingerprint density at radius 3 is 2.60 bits per heavy atom. The number of hydrogen-bond donors (Lipinski definition) is 0. The Morgan fingerprint density at radius 2 is 2.07 bits per heavy atom. The van der Waals surface area contributed by atoms with Crippen LogP contribution in [-0.2, 0) is 22.6 Å². The van der Waals surface area contributed by atoms with E-state index in [1.807, 2.05) is 6.92 Å². The van der Waals surface area contributed by atoms with Gasteiger partial charge in [0, 0.05) is 31.9 Å². The second kappa shape index (κ2) is 5.38. The summed E-state index contributed by atoms with van der Waals surface area (Å²) in [5, 5.41) is 0. The molecule has 5 heteroatoms. The first-order valence-electron chi connectivity index (χ1n) is 5.01. The van der Waals surface area contributed by atoms with Crippen molar-refractivity contribution in [1.82, 2.24) is 9.13 Å². The lowest BCUT2D eigenvalue weighted by Gasteiger charge is -2.00. The molecule has 15 heavy (non-hydrogen) atoms. The molecule has 0 N–H and O–H groups in total. The average Bonchev–Trinajstić information content (AvgIpc) is 2.60. The number of carbonyl (C=O) groups excluding carboxylic acids is 1. The third-order valence-corrected chi connectivity index (χ3v) is 2.27. The molecule has 0 saturated heterocycles. The van der Waals surface area contributed by atoms with Crippen LogP contribution in [0, 0.1) is 0 Å². The van der Waals surface area contributed by atoms with Crippen molar-refractivity contribution in [2.24, 2.45) is 0 Å². The van der Waals surface area contributed by atoms with Gasteiger partial charge < -0.3 is 4.74 Å². The van der Waals surface area contributed by atoms with Gasteiger partial charge in [0.25, 0.3) is 0 Å². The van der Waals surface area contributed by atoms with Crippen molar-refractivity contribution in [1.29, 1.82) is 0 Å². The Bertz CT molecular complexity index is 378. The van der Waals surface area contributed by atoms with Crippen LogP contribution in [0.4, 0.5) is 0 Å². The first-order chi connectivity index (χ1) is 7.19. The molecule has 0 atom stereocenters. The van der Waals surface area contributed by atoms with E-state index in [4.69, 9.17) is 0 Å². The van der Waals surface area contributed by atoms with Gasteiger partial charge in [-0.1, -0.05) is 0 Å². The van der Waals surface area contributed by atoms with Crippen LogP contribution in [0.25, 0.3) is 0 Å². The number of methoxy groups -OCH3 is 1. The van der Waals surface area contributed by atoms with Gasteiger partial charge in [-0.15, -0.1) is 0 Å². The number of rotatable bonds is 5. The summed E-state index contributed by atoms with van der Waals surface area (Å²) in [6, 6.07) is 0. The molecular weight excluding hydrogens is 196 g/mol. The van der Waals surface area contributed by atoms with Crippen molar-refractivity contribution >= 4 is 5.97 Å². The molecule has 5 nitrogen and oxygen atoms in total. The SMILES string of the molecule is CCn1ccn(CCCC(=O)OC)c1=O. The Labute approximate surface area is 88.3 Å². The van der Waals surface area contributed by atoms with Gasteiger partial charge in [0.15, 0.2) is 0 Å². The van der Waals surface area contributed by atoms with Crippen molar-refractivity contribution < 1.29 is 9.53 Å². The molecule has 0 aliphatic rings. The van der Waals surface area contributed by atoms with E-state index >= 15 is 0 Å². The van der Waals surface area contributed by atoms with Crippen LogP contribution in [0.2, 0.25) is 0 Å². The highest BCUT2D eigenvalue weighted by molar-refractivity contribution is 5.68. The summed E-state index contributed by atoms with van der Waals surface area (Å²) in [5.41, 5.74) is -0.0256. The molecule has 84 valence electrons. The van der Waals surface area contributed by atoms with E-state index in [0.29, 0.717) is 25.9 Å². The number of aryl methyl sites for hydroxylation is 2. The summed E-state index contributed by atoms with van der Waals surface area (Å²) in [6.07, 6.45) is 4.46. The Kier molecular flexibility index (Phi) is 4.15. The molecule has 1 aromatic rings. The fourth-order valence-corrected chi connectivity index (χ4v) is 1.36. The summed E-state index contributed by atoms with van der Waals surface area (Å²) in [5.74, 6) is -0.238. The monoisotopic (exact) mass is 212 g/mol. The normalized spacial score (nSPS) is 10.3. The lowest BCUT2D eigenvalue weighted by molar-refractivity contribution is -0.140. The molecule has 0 spiro atoms. The number of carbonyl (C=O) groups is 1. The Hall–Kier alpha value is -1.52. The van der Waals surface area contributed by atoms with Crippen molar-refractivity contribution in [3.63, 3.8) is 0 Å². The maximum atomic E-state index is 11.6. The molecule has 0 saturated carbocycles. The minimum Gasteiger partial charge on any atom is -0.469 e. The van der Waals surface area contributed by atoms with Gasteiger partial charge in [-0.3, -0.25) is 13.9 Å². The van der Waals surface area contributed by atoms with Crippen LogP contribution < -0.4 is 5.69 Å². The van der Waals surface area contributed by atoms with Gasteiger partial charge in [0.05, 0.1) is 7.11 Å². The van der Waals surface area contributed by atoms with E-state index in [0.717, 1.165) is 0 Å². The third kappa shape index (κ3) is 2.97. The lowest BCUT2D eigenvalue weighted by Crippen LogP contribution is -2.23. The molecule has 0 aliphatic carbocycles. The summed E-state index contributed by atoms with van der Waals surface area (Å²) in [4.78, 5) is 22.4. The first kappa shape index (κ1) is 11.6. The topological polar surface area (TPSA) is 53.2 Å². The standard InChI is InChI=1S/C10H16N2O3/c1-3-11-7-8-12(10(11)14)6-4-5-9(13)15-2/h7-8H,3-6H2,1-2H3. The zero-order valence-corrected chi connectivity index (χ0v) is 9.10. The maximum absolute atomic E-state index is 11.6. The van der Waals surface area contributed by atoms with E-state index in [2.05, 4.69) is 4.74 Å². The molecule has 0 amide bonds. The number of ether oxygens (including phenoxy) is 1. The molecule has 1 rings (SSSR count). The first-order valence-corrected chi connectivity index (χ1v) is 5.01. The second-order valence-corrected chi connectivity index (χ2v) is 3.24. The van der Waals surface area contributed by atoms with Gasteiger partial charge >= 0.3 is 11.7 Å². The van der Waals surface area contributed by atoms with Crippen LogP contribution in [0.15, 0.2) is 17.2 Å².